The van der Waals surface area contributed by atoms with Gasteiger partial charge in [0.1, 0.15) is 12.6 Å². The van der Waals surface area contributed by atoms with Crippen LogP contribution in [0, 0.1) is 6.92 Å². The molecule has 0 saturated heterocycles. The zero-order valence-electron chi connectivity index (χ0n) is 16.5. The molecule has 3 aromatic rings. The van der Waals surface area contributed by atoms with Crippen LogP contribution in [0.4, 0.5) is 4.79 Å². The van der Waals surface area contributed by atoms with Crippen LogP contribution in [0.1, 0.15) is 28.3 Å². The number of carbonyl (C=O) groups is 2. The summed E-state index contributed by atoms with van der Waals surface area (Å²) in [7, 11) is 0. The first kappa shape index (κ1) is 19.6. The largest absolute Gasteiger partial charge is 0.480 e. The minimum atomic E-state index is -1.11. The van der Waals surface area contributed by atoms with E-state index in [2.05, 4.69) is 22.4 Å². The SMILES string of the molecule is Cc1cc(C[C@H](NC(=O)OCC2c3ccccc3-c3ccccc32)C(=O)O)ccn1. The van der Waals surface area contributed by atoms with Gasteiger partial charge in [0.2, 0.25) is 0 Å². The number of amides is 1. The van der Waals surface area contributed by atoms with Crippen molar-refractivity contribution < 1.29 is 19.4 Å². The molecule has 1 aliphatic rings. The molecule has 0 unspecified atom stereocenters. The molecule has 6 nitrogen and oxygen atoms in total. The maximum atomic E-state index is 12.4. The van der Waals surface area contributed by atoms with E-state index in [9.17, 15) is 14.7 Å². The van der Waals surface area contributed by atoms with Crippen molar-refractivity contribution in [2.75, 3.05) is 6.61 Å². The first-order valence-electron chi connectivity index (χ1n) is 9.79. The van der Waals surface area contributed by atoms with Gasteiger partial charge in [-0.15, -0.1) is 0 Å². The number of carboxylic acid groups (broad SMARTS) is 1. The standard InChI is InChI=1S/C24H22N2O4/c1-15-12-16(10-11-25-15)13-22(23(27)28)26-24(29)30-14-21-19-8-4-2-6-17(19)18-7-3-5-9-20(18)21/h2-12,21-22H,13-14H2,1H3,(H,26,29)(H,27,28)/t22-/m0/s1. The third-order valence-corrected chi connectivity index (χ3v) is 5.33. The molecule has 0 aliphatic heterocycles. The van der Waals surface area contributed by atoms with E-state index in [0.29, 0.717) is 0 Å². The topological polar surface area (TPSA) is 88.5 Å². The van der Waals surface area contributed by atoms with Crippen LogP contribution >= 0.6 is 0 Å². The summed E-state index contributed by atoms with van der Waals surface area (Å²) in [5.74, 6) is -1.19. The number of hydrogen-bond acceptors (Lipinski definition) is 4. The van der Waals surface area contributed by atoms with Gasteiger partial charge >= 0.3 is 12.1 Å². The zero-order chi connectivity index (χ0) is 21.1. The Kier molecular flexibility index (Phi) is 5.48. The van der Waals surface area contributed by atoms with Gasteiger partial charge < -0.3 is 15.2 Å². The average molecular weight is 402 g/mol. The van der Waals surface area contributed by atoms with Gasteiger partial charge in [-0.25, -0.2) is 9.59 Å². The summed E-state index contributed by atoms with van der Waals surface area (Å²) >= 11 is 0. The maximum absolute atomic E-state index is 12.4. The van der Waals surface area contributed by atoms with Crippen molar-refractivity contribution >= 4 is 12.1 Å². The molecule has 6 heteroatoms. The Balaban J connectivity index is 1.43. The Morgan fingerprint density at radius 2 is 1.70 bits per heavy atom. The lowest BCUT2D eigenvalue weighted by Gasteiger charge is -2.17. The van der Waals surface area contributed by atoms with Crippen molar-refractivity contribution in [2.45, 2.75) is 25.3 Å². The van der Waals surface area contributed by atoms with Crippen molar-refractivity contribution in [3.8, 4) is 11.1 Å². The molecular weight excluding hydrogens is 380 g/mol. The highest BCUT2D eigenvalue weighted by Gasteiger charge is 2.29. The first-order valence-corrected chi connectivity index (χ1v) is 9.79. The van der Waals surface area contributed by atoms with E-state index in [4.69, 9.17) is 4.74 Å². The lowest BCUT2D eigenvalue weighted by Crippen LogP contribution is -2.42. The summed E-state index contributed by atoms with van der Waals surface area (Å²) in [6, 6.07) is 18.6. The summed E-state index contributed by atoms with van der Waals surface area (Å²) in [6.07, 6.45) is 1.04. The number of nitrogens with one attached hydrogen (secondary N) is 1. The molecule has 1 amide bonds. The fourth-order valence-corrected chi connectivity index (χ4v) is 3.95. The van der Waals surface area contributed by atoms with Crippen LogP contribution in [0.3, 0.4) is 0 Å². The second kappa shape index (κ2) is 8.37. The van der Waals surface area contributed by atoms with Crippen LogP contribution in [0.2, 0.25) is 0 Å². The Labute approximate surface area is 174 Å². The number of alkyl carbamates (subject to hydrolysis) is 1. The highest BCUT2D eigenvalue weighted by Crippen LogP contribution is 2.44. The average Bonchev–Trinajstić information content (AvgIpc) is 3.06. The fraction of sp³-hybridized carbons (Fsp3) is 0.208. The van der Waals surface area contributed by atoms with E-state index in [-0.39, 0.29) is 18.9 Å². The number of hydrogen-bond donors (Lipinski definition) is 2. The van der Waals surface area contributed by atoms with E-state index in [1.807, 2.05) is 43.3 Å². The summed E-state index contributed by atoms with van der Waals surface area (Å²) in [6.45, 7) is 1.97. The van der Waals surface area contributed by atoms with Gasteiger partial charge in [0, 0.05) is 24.2 Å². The van der Waals surface area contributed by atoms with Gasteiger partial charge in [0.05, 0.1) is 0 Å². The van der Waals surface area contributed by atoms with Gasteiger partial charge in [-0.2, -0.15) is 0 Å². The molecule has 4 rings (SSSR count). The predicted molar refractivity (Wildman–Crippen MR) is 112 cm³/mol. The number of aliphatic carboxylic acids is 1. The Morgan fingerprint density at radius 1 is 1.07 bits per heavy atom. The lowest BCUT2D eigenvalue weighted by atomic mass is 9.98. The van der Waals surface area contributed by atoms with Gasteiger partial charge in [0.15, 0.2) is 0 Å². The number of aromatic nitrogens is 1. The molecule has 0 spiro atoms. The molecule has 2 aromatic carbocycles. The molecular formula is C24H22N2O4. The van der Waals surface area contributed by atoms with E-state index in [0.717, 1.165) is 33.5 Å². The van der Waals surface area contributed by atoms with E-state index < -0.39 is 18.1 Å². The number of ether oxygens (including phenoxy) is 1. The normalized spacial score (nSPS) is 13.2. The Bertz CT molecular complexity index is 1050. The third-order valence-electron chi connectivity index (χ3n) is 5.33. The van der Waals surface area contributed by atoms with E-state index in [1.165, 1.54) is 0 Å². The van der Waals surface area contributed by atoms with Crippen LogP contribution in [0.5, 0.6) is 0 Å². The number of benzene rings is 2. The quantitative estimate of drug-likeness (QED) is 0.652. The molecule has 2 N–H and O–H groups in total. The molecule has 152 valence electrons. The van der Waals surface area contributed by atoms with Crippen LogP contribution < -0.4 is 5.32 Å². The highest BCUT2D eigenvalue weighted by molar-refractivity contribution is 5.81. The van der Waals surface area contributed by atoms with Crippen LogP contribution in [-0.4, -0.2) is 34.8 Å². The van der Waals surface area contributed by atoms with Crippen molar-refractivity contribution in [3.63, 3.8) is 0 Å². The molecule has 1 aromatic heterocycles. The number of carbonyl (C=O) groups excluding carboxylic acids is 1. The Morgan fingerprint density at radius 3 is 2.30 bits per heavy atom. The van der Waals surface area contributed by atoms with Crippen molar-refractivity contribution in [2.24, 2.45) is 0 Å². The number of nitrogens with zero attached hydrogens (tertiary/aromatic N) is 1. The molecule has 0 radical (unpaired) electrons. The van der Waals surface area contributed by atoms with Crippen molar-refractivity contribution in [1.29, 1.82) is 0 Å². The Hall–Kier alpha value is -3.67. The van der Waals surface area contributed by atoms with Gasteiger partial charge in [-0.05, 0) is 46.9 Å². The van der Waals surface area contributed by atoms with Crippen LogP contribution in [0.25, 0.3) is 11.1 Å². The van der Waals surface area contributed by atoms with Crippen LogP contribution in [-0.2, 0) is 16.0 Å². The summed E-state index contributed by atoms with van der Waals surface area (Å²) in [5.41, 5.74) is 6.06. The predicted octanol–water partition coefficient (Wildman–Crippen LogP) is 3.92. The maximum Gasteiger partial charge on any atom is 0.407 e. The third kappa shape index (κ3) is 4.03. The highest BCUT2D eigenvalue weighted by atomic mass is 16.5. The molecule has 1 atom stereocenters. The zero-order valence-corrected chi connectivity index (χ0v) is 16.5. The molecule has 0 saturated carbocycles. The molecule has 0 bridgehead atoms. The molecule has 0 fully saturated rings. The smallest absolute Gasteiger partial charge is 0.407 e. The van der Waals surface area contributed by atoms with Crippen LogP contribution in [0.15, 0.2) is 66.9 Å². The van der Waals surface area contributed by atoms with Gasteiger partial charge in [-0.3, -0.25) is 4.98 Å². The first-order chi connectivity index (χ1) is 14.5. The van der Waals surface area contributed by atoms with E-state index in [1.54, 1.807) is 18.3 Å². The fourth-order valence-electron chi connectivity index (χ4n) is 3.95. The molecule has 1 heterocycles. The van der Waals surface area contributed by atoms with Crippen molar-refractivity contribution in [3.05, 3.63) is 89.2 Å². The van der Waals surface area contributed by atoms with Gasteiger partial charge in [-0.1, -0.05) is 48.5 Å². The summed E-state index contributed by atoms with van der Waals surface area (Å²) < 4.78 is 5.46. The minimum absolute atomic E-state index is 0.0747. The second-order valence-electron chi connectivity index (χ2n) is 7.37. The monoisotopic (exact) mass is 402 g/mol. The number of aryl methyl sites for hydroxylation is 1. The second-order valence-corrected chi connectivity index (χ2v) is 7.37. The molecule has 1 aliphatic carbocycles. The number of pyridine rings is 1. The summed E-state index contributed by atoms with van der Waals surface area (Å²) in [5, 5.41) is 12.0. The number of carboxylic acids is 1. The number of fused-ring (bicyclic) bond motifs is 3. The minimum Gasteiger partial charge on any atom is -0.480 e. The van der Waals surface area contributed by atoms with E-state index >= 15 is 0 Å². The molecule has 30 heavy (non-hydrogen) atoms. The summed E-state index contributed by atoms with van der Waals surface area (Å²) in [4.78, 5) is 28.1. The van der Waals surface area contributed by atoms with Crippen molar-refractivity contribution in [1.82, 2.24) is 10.3 Å². The van der Waals surface area contributed by atoms with Gasteiger partial charge in [0.25, 0.3) is 0 Å². The lowest BCUT2D eigenvalue weighted by molar-refractivity contribution is -0.139. The number of rotatable bonds is 6.